The molecular formula is C13H17N3O3. The van der Waals surface area contributed by atoms with Crippen LogP contribution in [0.3, 0.4) is 0 Å². The monoisotopic (exact) mass is 263 g/mol. The summed E-state index contributed by atoms with van der Waals surface area (Å²) >= 11 is 0. The second kappa shape index (κ2) is 6.19. The molecule has 1 aliphatic heterocycles. The lowest BCUT2D eigenvalue weighted by Gasteiger charge is -2.16. The Morgan fingerprint density at radius 1 is 1.37 bits per heavy atom. The SMILES string of the molecule is NNC(=O)CCOc1ccc(N2CCCC2=O)cc1. The Morgan fingerprint density at radius 3 is 2.68 bits per heavy atom. The number of hydrogen-bond acceptors (Lipinski definition) is 4. The van der Waals surface area contributed by atoms with Crippen molar-refractivity contribution < 1.29 is 14.3 Å². The van der Waals surface area contributed by atoms with E-state index in [9.17, 15) is 9.59 Å². The first-order valence-corrected chi connectivity index (χ1v) is 6.23. The van der Waals surface area contributed by atoms with Gasteiger partial charge < -0.3 is 9.64 Å². The minimum Gasteiger partial charge on any atom is -0.493 e. The molecule has 2 rings (SSSR count). The molecule has 0 atom stereocenters. The molecule has 1 heterocycles. The zero-order valence-electron chi connectivity index (χ0n) is 10.6. The molecule has 102 valence electrons. The normalized spacial score (nSPS) is 14.6. The number of carbonyl (C=O) groups is 2. The van der Waals surface area contributed by atoms with Crippen molar-refractivity contribution >= 4 is 17.5 Å². The fraction of sp³-hybridized carbons (Fsp3) is 0.385. The number of nitrogens with one attached hydrogen (secondary N) is 1. The third kappa shape index (κ3) is 3.45. The molecule has 1 aromatic rings. The Balaban J connectivity index is 1.88. The van der Waals surface area contributed by atoms with Crippen LogP contribution in [0.2, 0.25) is 0 Å². The number of anilines is 1. The third-order valence-corrected chi connectivity index (χ3v) is 2.98. The molecule has 0 radical (unpaired) electrons. The van der Waals surface area contributed by atoms with Crippen molar-refractivity contribution in [2.75, 3.05) is 18.1 Å². The van der Waals surface area contributed by atoms with E-state index < -0.39 is 0 Å². The zero-order chi connectivity index (χ0) is 13.7. The Hall–Kier alpha value is -2.08. The summed E-state index contributed by atoms with van der Waals surface area (Å²) in [5.74, 6) is 5.52. The average molecular weight is 263 g/mol. The number of benzene rings is 1. The molecule has 1 saturated heterocycles. The molecule has 6 heteroatoms. The van der Waals surface area contributed by atoms with Gasteiger partial charge >= 0.3 is 0 Å². The number of rotatable bonds is 5. The van der Waals surface area contributed by atoms with Gasteiger partial charge in [0.1, 0.15) is 5.75 Å². The molecule has 0 aliphatic carbocycles. The van der Waals surface area contributed by atoms with Gasteiger partial charge in [-0.25, -0.2) is 5.84 Å². The summed E-state index contributed by atoms with van der Waals surface area (Å²) in [5.41, 5.74) is 2.92. The number of hydrazine groups is 1. The van der Waals surface area contributed by atoms with E-state index in [0.29, 0.717) is 12.2 Å². The van der Waals surface area contributed by atoms with Crippen molar-refractivity contribution in [3.05, 3.63) is 24.3 Å². The van der Waals surface area contributed by atoms with Gasteiger partial charge in [0.2, 0.25) is 11.8 Å². The first-order valence-electron chi connectivity index (χ1n) is 6.23. The predicted molar refractivity (Wildman–Crippen MR) is 70.5 cm³/mol. The van der Waals surface area contributed by atoms with Crippen molar-refractivity contribution in [3.8, 4) is 5.75 Å². The van der Waals surface area contributed by atoms with Gasteiger partial charge in [0.15, 0.2) is 0 Å². The molecule has 0 spiro atoms. The lowest BCUT2D eigenvalue weighted by Crippen LogP contribution is -2.31. The maximum Gasteiger partial charge on any atom is 0.237 e. The van der Waals surface area contributed by atoms with E-state index in [1.807, 2.05) is 17.6 Å². The maximum atomic E-state index is 11.6. The second-order valence-electron chi connectivity index (χ2n) is 4.31. The standard InChI is InChI=1S/C13H17N3O3/c14-15-12(17)7-9-19-11-5-3-10(4-6-11)16-8-1-2-13(16)18/h3-6H,1-2,7-9,14H2,(H,15,17). The lowest BCUT2D eigenvalue weighted by molar-refractivity contribution is -0.121. The van der Waals surface area contributed by atoms with Gasteiger partial charge in [0.25, 0.3) is 0 Å². The summed E-state index contributed by atoms with van der Waals surface area (Å²) in [6.45, 7) is 1.04. The molecule has 0 aromatic heterocycles. The number of ether oxygens (including phenoxy) is 1. The fourth-order valence-electron chi connectivity index (χ4n) is 1.98. The van der Waals surface area contributed by atoms with Gasteiger partial charge in [-0.2, -0.15) is 0 Å². The Bertz CT molecular complexity index is 459. The number of carbonyl (C=O) groups excluding carboxylic acids is 2. The van der Waals surface area contributed by atoms with Gasteiger partial charge in [0.05, 0.1) is 13.0 Å². The van der Waals surface area contributed by atoms with Crippen molar-refractivity contribution in [3.63, 3.8) is 0 Å². The molecular weight excluding hydrogens is 246 g/mol. The minimum absolute atomic E-state index is 0.160. The lowest BCUT2D eigenvalue weighted by atomic mass is 10.3. The van der Waals surface area contributed by atoms with Gasteiger partial charge in [-0.1, -0.05) is 0 Å². The Labute approximate surface area is 111 Å². The molecule has 0 unspecified atom stereocenters. The number of hydrogen-bond donors (Lipinski definition) is 2. The van der Waals surface area contributed by atoms with Crippen LogP contribution >= 0.6 is 0 Å². The highest BCUT2D eigenvalue weighted by Crippen LogP contribution is 2.23. The Kier molecular flexibility index (Phi) is 4.35. The predicted octanol–water partition coefficient (Wildman–Crippen LogP) is 0.572. The number of nitrogens with two attached hydrogens (primary N) is 1. The molecule has 19 heavy (non-hydrogen) atoms. The molecule has 0 bridgehead atoms. The van der Waals surface area contributed by atoms with E-state index in [-0.39, 0.29) is 24.8 Å². The molecule has 0 saturated carbocycles. The van der Waals surface area contributed by atoms with Crippen LogP contribution in [0.1, 0.15) is 19.3 Å². The summed E-state index contributed by atoms with van der Waals surface area (Å²) in [4.78, 5) is 24.3. The topological polar surface area (TPSA) is 84.7 Å². The molecule has 1 aromatic carbocycles. The molecule has 2 amide bonds. The van der Waals surface area contributed by atoms with E-state index in [0.717, 1.165) is 18.7 Å². The van der Waals surface area contributed by atoms with E-state index in [4.69, 9.17) is 10.6 Å². The van der Waals surface area contributed by atoms with Crippen LogP contribution in [-0.2, 0) is 9.59 Å². The second-order valence-corrected chi connectivity index (χ2v) is 4.31. The van der Waals surface area contributed by atoms with E-state index in [1.165, 1.54) is 0 Å². The van der Waals surface area contributed by atoms with E-state index >= 15 is 0 Å². The van der Waals surface area contributed by atoms with Crippen molar-refractivity contribution in [2.45, 2.75) is 19.3 Å². The highest BCUT2D eigenvalue weighted by atomic mass is 16.5. The van der Waals surface area contributed by atoms with Crippen LogP contribution in [-0.4, -0.2) is 25.0 Å². The minimum atomic E-state index is -0.265. The largest absolute Gasteiger partial charge is 0.493 e. The van der Waals surface area contributed by atoms with Gasteiger partial charge in [-0.3, -0.25) is 15.0 Å². The van der Waals surface area contributed by atoms with Gasteiger partial charge in [-0.05, 0) is 30.7 Å². The molecule has 1 aliphatic rings. The smallest absolute Gasteiger partial charge is 0.237 e. The highest BCUT2D eigenvalue weighted by molar-refractivity contribution is 5.95. The average Bonchev–Trinajstić information content (AvgIpc) is 2.85. The summed E-state index contributed by atoms with van der Waals surface area (Å²) in [5, 5.41) is 0. The summed E-state index contributed by atoms with van der Waals surface area (Å²) in [6.07, 6.45) is 1.74. The molecule has 6 nitrogen and oxygen atoms in total. The van der Waals surface area contributed by atoms with Gasteiger partial charge in [0, 0.05) is 18.7 Å². The molecule has 3 N–H and O–H groups in total. The maximum absolute atomic E-state index is 11.6. The van der Waals surface area contributed by atoms with Crippen LogP contribution in [0.25, 0.3) is 0 Å². The number of nitrogens with zero attached hydrogens (tertiary/aromatic N) is 1. The Morgan fingerprint density at radius 2 is 2.11 bits per heavy atom. The number of amides is 2. The summed E-state index contributed by atoms with van der Waals surface area (Å²) in [7, 11) is 0. The zero-order valence-corrected chi connectivity index (χ0v) is 10.6. The quantitative estimate of drug-likeness (QED) is 0.462. The van der Waals surface area contributed by atoms with E-state index in [1.54, 1.807) is 17.0 Å². The van der Waals surface area contributed by atoms with Crippen LogP contribution in [0.5, 0.6) is 5.75 Å². The van der Waals surface area contributed by atoms with Gasteiger partial charge in [-0.15, -0.1) is 0 Å². The fourth-order valence-corrected chi connectivity index (χ4v) is 1.98. The summed E-state index contributed by atoms with van der Waals surface area (Å²) < 4.78 is 5.40. The van der Waals surface area contributed by atoms with Crippen LogP contribution in [0.15, 0.2) is 24.3 Å². The van der Waals surface area contributed by atoms with Crippen LogP contribution in [0.4, 0.5) is 5.69 Å². The van der Waals surface area contributed by atoms with Crippen molar-refractivity contribution in [2.24, 2.45) is 5.84 Å². The third-order valence-electron chi connectivity index (χ3n) is 2.98. The van der Waals surface area contributed by atoms with E-state index in [2.05, 4.69) is 0 Å². The van der Waals surface area contributed by atoms with Crippen LogP contribution < -0.4 is 20.9 Å². The first-order chi connectivity index (χ1) is 9.20. The van der Waals surface area contributed by atoms with Crippen LogP contribution in [0, 0.1) is 0 Å². The molecule has 1 fully saturated rings. The first kappa shape index (κ1) is 13.4. The summed E-state index contributed by atoms with van der Waals surface area (Å²) in [6, 6.07) is 7.28. The van der Waals surface area contributed by atoms with Crippen molar-refractivity contribution in [1.29, 1.82) is 0 Å². The highest BCUT2D eigenvalue weighted by Gasteiger charge is 2.21. The van der Waals surface area contributed by atoms with Crippen molar-refractivity contribution in [1.82, 2.24) is 5.43 Å².